The first-order valence-electron chi connectivity index (χ1n) is 7.54. The zero-order valence-corrected chi connectivity index (χ0v) is 12.0. The number of hydrogen-bond donors (Lipinski definition) is 4. The van der Waals surface area contributed by atoms with Crippen LogP contribution in [0.15, 0.2) is 18.2 Å². The predicted molar refractivity (Wildman–Crippen MR) is 78.9 cm³/mol. The number of phenols is 2. The van der Waals surface area contributed by atoms with Gasteiger partial charge in [-0.05, 0) is 61.1 Å². The van der Waals surface area contributed by atoms with Crippen molar-refractivity contribution in [1.82, 2.24) is 5.32 Å². The molecule has 3 rings (SSSR count). The first kappa shape index (κ1) is 14.2. The van der Waals surface area contributed by atoms with E-state index in [9.17, 15) is 15.0 Å². The zero-order valence-electron chi connectivity index (χ0n) is 12.0. The number of hydrogen-bond acceptors (Lipinski definition) is 4. The summed E-state index contributed by atoms with van der Waals surface area (Å²) >= 11 is 0. The molecule has 114 valence electrons. The quantitative estimate of drug-likeness (QED) is 0.593. The molecule has 0 unspecified atom stereocenters. The normalized spacial score (nSPS) is 20.8. The molecule has 0 aliphatic heterocycles. The van der Waals surface area contributed by atoms with Gasteiger partial charge in [-0.1, -0.05) is 6.07 Å². The van der Waals surface area contributed by atoms with Crippen LogP contribution in [0.3, 0.4) is 0 Å². The van der Waals surface area contributed by atoms with Crippen molar-refractivity contribution in [3.05, 3.63) is 23.8 Å². The lowest BCUT2D eigenvalue weighted by molar-refractivity contribution is -0.122. The lowest BCUT2D eigenvalue weighted by Gasteiger charge is -2.18. The lowest BCUT2D eigenvalue weighted by Crippen LogP contribution is -2.44. The Balaban J connectivity index is 1.51. The van der Waals surface area contributed by atoms with Crippen molar-refractivity contribution >= 4 is 5.91 Å². The summed E-state index contributed by atoms with van der Waals surface area (Å²) in [6.07, 6.45) is 5.39. The van der Waals surface area contributed by atoms with E-state index in [4.69, 9.17) is 5.73 Å². The molecule has 1 atom stereocenters. The molecule has 0 heterocycles. The minimum Gasteiger partial charge on any atom is -0.504 e. The van der Waals surface area contributed by atoms with Crippen LogP contribution in [0.5, 0.6) is 11.5 Å². The summed E-state index contributed by atoms with van der Waals surface area (Å²) in [5.41, 5.74) is 7.02. The highest BCUT2D eigenvalue weighted by Gasteiger charge is 2.53. The second-order valence-electron chi connectivity index (χ2n) is 6.49. The molecule has 0 saturated heterocycles. The lowest BCUT2D eigenvalue weighted by atomic mass is 10.00. The topological polar surface area (TPSA) is 95.6 Å². The van der Waals surface area contributed by atoms with Gasteiger partial charge in [-0.25, -0.2) is 0 Å². The monoisotopic (exact) mass is 290 g/mol. The first-order valence-corrected chi connectivity index (χ1v) is 7.54. The van der Waals surface area contributed by atoms with Gasteiger partial charge in [0.25, 0.3) is 0 Å². The number of benzene rings is 1. The van der Waals surface area contributed by atoms with Gasteiger partial charge in [0.15, 0.2) is 11.5 Å². The van der Waals surface area contributed by atoms with Gasteiger partial charge in [-0.15, -0.1) is 0 Å². The second kappa shape index (κ2) is 5.22. The fourth-order valence-corrected chi connectivity index (χ4v) is 3.02. The smallest absolute Gasteiger partial charge is 0.237 e. The van der Waals surface area contributed by atoms with Crippen LogP contribution in [-0.2, 0) is 11.2 Å². The summed E-state index contributed by atoms with van der Waals surface area (Å²) in [6.45, 7) is 0.741. The van der Waals surface area contributed by atoms with Crippen molar-refractivity contribution in [2.75, 3.05) is 6.54 Å². The van der Waals surface area contributed by atoms with Crippen LogP contribution in [0.25, 0.3) is 0 Å². The number of carbonyl (C=O) groups is 1. The molecule has 1 aromatic rings. The Morgan fingerprint density at radius 1 is 1.33 bits per heavy atom. The third kappa shape index (κ3) is 3.13. The SMILES string of the molecule is N[C@@H](Cc1ccc(O)c(O)c1)C(=O)NCC1(C2CC2)CC1. The molecule has 1 aromatic carbocycles. The number of aromatic hydroxyl groups is 2. The van der Waals surface area contributed by atoms with Gasteiger partial charge in [0.05, 0.1) is 6.04 Å². The number of amides is 1. The zero-order chi connectivity index (χ0) is 15.0. The highest BCUT2D eigenvalue weighted by atomic mass is 16.3. The summed E-state index contributed by atoms with van der Waals surface area (Å²) in [7, 11) is 0. The molecular weight excluding hydrogens is 268 g/mol. The van der Waals surface area contributed by atoms with Crippen LogP contribution in [0.1, 0.15) is 31.2 Å². The van der Waals surface area contributed by atoms with Gasteiger partial charge in [-0.3, -0.25) is 4.79 Å². The number of phenolic OH excluding ortho intramolecular Hbond substituents is 2. The van der Waals surface area contributed by atoms with Crippen molar-refractivity contribution in [3.8, 4) is 11.5 Å². The molecule has 2 aliphatic carbocycles. The number of rotatable bonds is 6. The second-order valence-corrected chi connectivity index (χ2v) is 6.49. The van der Waals surface area contributed by atoms with E-state index >= 15 is 0 Å². The minimum absolute atomic E-state index is 0.144. The maximum atomic E-state index is 12.1. The van der Waals surface area contributed by atoms with E-state index in [1.165, 1.54) is 37.8 Å². The third-order valence-corrected chi connectivity index (χ3v) is 4.78. The molecule has 0 aromatic heterocycles. The molecule has 5 heteroatoms. The van der Waals surface area contributed by atoms with Crippen LogP contribution in [0, 0.1) is 11.3 Å². The largest absolute Gasteiger partial charge is 0.504 e. The van der Waals surface area contributed by atoms with Crippen LogP contribution in [0.2, 0.25) is 0 Å². The van der Waals surface area contributed by atoms with Crippen LogP contribution < -0.4 is 11.1 Å². The molecule has 0 radical (unpaired) electrons. The molecule has 5 N–H and O–H groups in total. The third-order valence-electron chi connectivity index (χ3n) is 4.78. The van der Waals surface area contributed by atoms with Gasteiger partial charge < -0.3 is 21.3 Å². The predicted octanol–water partition coefficient (Wildman–Crippen LogP) is 1.27. The van der Waals surface area contributed by atoms with E-state index in [0.29, 0.717) is 11.8 Å². The van der Waals surface area contributed by atoms with Gasteiger partial charge in [0.1, 0.15) is 0 Å². The molecule has 0 spiro atoms. The molecule has 2 saturated carbocycles. The molecule has 1 amide bonds. The summed E-state index contributed by atoms with van der Waals surface area (Å²) < 4.78 is 0. The van der Waals surface area contributed by atoms with E-state index in [2.05, 4.69) is 5.32 Å². The van der Waals surface area contributed by atoms with Crippen molar-refractivity contribution in [2.45, 2.75) is 38.1 Å². The standard InChI is InChI=1S/C16H22N2O3/c17-12(7-10-1-4-13(19)14(20)8-10)15(21)18-9-16(5-6-16)11-2-3-11/h1,4,8,11-12,19-20H,2-3,5-7,9,17H2,(H,18,21)/t12-/m0/s1. The van der Waals surface area contributed by atoms with Gasteiger partial charge in [-0.2, -0.15) is 0 Å². The van der Waals surface area contributed by atoms with Crippen molar-refractivity contribution in [1.29, 1.82) is 0 Å². The minimum atomic E-state index is -0.635. The van der Waals surface area contributed by atoms with Crippen molar-refractivity contribution in [2.24, 2.45) is 17.1 Å². The van der Waals surface area contributed by atoms with E-state index in [1.54, 1.807) is 6.07 Å². The maximum Gasteiger partial charge on any atom is 0.237 e. The maximum absolute atomic E-state index is 12.1. The van der Waals surface area contributed by atoms with E-state index in [0.717, 1.165) is 18.0 Å². The van der Waals surface area contributed by atoms with Gasteiger partial charge >= 0.3 is 0 Å². The Morgan fingerprint density at radius 3 is 2.62 bits per heavy atom. The van der Waals surface area contributed by atoms with E-state index in [1.807, 2.05) is 0 Å². The van der Waals surface area contributed by atoms with Crippen LogP contribution in [0.4, 0.5) is 0 Å². The van der Waals surface area contributed by atoms with E-state index < -0.39 is 6.04 Å². The number of nitrogens with two attached hydrogens (primary N) is 1. The number of carbonyl (C=O) groups excluding carboxylic acids is 1. The van der Waals surface area contributed by atoms with Crippen LogP contribution >= 0.6 is 0 Å². The Hall–Kier alpha value is -1.75. The Bertz CT molecular complexity index is 550. The van der Waals surface area contributed by atoms with Gasteiger partial charge in [0, 0.05) is 6.54 Å². The number of nitrogens with one attached hydrogen (secondary N) is 1. The van der Waals surface area contributed by atoms with E-state index in [-0.39, 0.29) is 17.4 Å². The van der Waals surface area contributed by atoms with Crippen molar-refractivity contribution in [3.63, 3.8) is 0 Å². The summed E-state index contributed by atoms with van der Waals surface area (Å²) in [5.74, 6) is 0.306. The highest BCUT2D eigenvalue weighted by Crippen LogP contribution is 2.60. The summed E-state index contributed by atoms with van der Waals surface area (Å²) in [4.78, 5) is 12.1. The Morgan fingerprint density at radius 2 is 2.05 bits per heavy atom. The van der Waals surface area contributed by atoms with Crippen molar-refractivity contribution < 1.29 is 15.0 Å². The average Bonchev–Trinajstić information content (AvgIpc) is 3.32. The molecule has 2 fully saturated rings. The highest BCUT2D eigenvalue weighted by molar-refractivity contribution is 5.81. The molecule has 0 bridgehead atoms. The molecule has 2 aliphatic rings. The average molecular weight is 290 g/mol. The fraction of sp³-hybridized carbons (Fsp3) is 0.562. The fourth-order valence-electron chi connectivity index (χ4n) is 3.02. The Kier molecular flexibility index (Phi) is 3.53. The van der Waals surface area contributed by atoms with Gasteiger partial charge in [0.2, 0.25) is 5.91 Å². The first-order chi connectivity index (χ1) is 10.00. The molecule has 5 nitrogen and oxygen atoms in total. The van der Waals surface area contributed by atoms with Crippen LogP contribution in [-0.4, -0.2) is 28.7 Å². The Labute approximate surface area is 124 Å². The summed E-state index contributed by atoms with van der Waals surface area (Å²) in [5, 5.41) is 21.7. The molecule has 21 heavy (non-hydrogen) atoms. The molecular formula is C16H22N2O3. The summed E-state index contributed by atoms with van der Waals surface area (Å²) in [6, 6.07) is 3.87.